The molecule has 0 bridgehead atoms. The van der Waals surface area contributed by atoms with Crippen molar-refractivity contribution in [2.24, 2.45) is 0 Å². The molecule has 0 atom stereocenters. The molecule has 2 heteroatoms. The van der Waals surface area contributed by atoms with Gasteiger partial charge in [-0.15, -0.1) is 0 Å². The summed E-state index contributed by atoms with van der Waals surface area (Å²) >= 11 is 0. The van der Waals surface area contributed by atoms with Crippen LogP contribution in [0, 0.1) is 47.4 Å². The molecule has 2 rings (SSSR count). The Kier molecular flexibility index (Phi) is 6.47. The largest absolute Gasteiger partial charge is 0.495 e. The van der Waals surface area contributed by atoms with E-state index in [1.54, 1.807) is 14.2 Å². The second-order valence-corrected chi connectivity index (χ2v) is 4.40. The first kappa shape index (κ1) is 16.6. The van der Waals surface area contributed by atoms with Gasteiger partial charge in [-0.25, -0.2) is 0 Å². The van der Waals surface area contributed by atoms with E-state index in [1.165, 1.54) is 0 Å². The third-order valence-electron chi connectivity index (χ3n) is 2.92. The predicted octanol–water partition coefficient (Wildman–Crippen LogP) is 3.11. The Morgan fingerprint density at radius 3 is 1.33 bits per heavy atom. The van der Waals surface area contributed by atoms with Crippen LogP contribution in [0.3, 0.4) is 0 Å². The molecule has 0 aliphatic carbocycles. The van der Waals surface area contributed by atoms with E-state index in [0.29, 0.717) is 0 Å². The maximum absolute atomic E-state index is 5.21. The van der Waals surface area contributed by atoms with Gasteiger partial charge in [0.15, 0.2) is 0 Å². The van der Waals surface area contributed by atoms with E-state index in [1.807, 2.05) is 48.5 Å². The summed E-state index contributed by atoms with van der Waals surface area (Å²) < 4.78 is 10.4. The number of ether oxygens (including phenoxy) is 2. The van der Waals surface area contributed by atoms with E-state index in [4.69, 9.17) is 9.47 Å². The molecule has 24 heavy (non-hydrogen) atoms. The molecule has 0 aliphatic rings. The summed E-state index contributed by atoms with van der Waals surface area (Å²) in [5.41, 5.74) is 1.58. The van der Waals surface area contributed by atoms with Crippen LogP contribution in [0.4, 0.5) is 0 Å². The zero-order chi connectivity index (χ0) is 17.0. The van der Waals surface area contributed by atoms with Gasteiger partial charge < -0.3 is 9.47 Å². The summed E-state index contributed by atoms with van der Waals surface area (Å²) in [6, 6.07) is 15.0. The molecule has 0 N–H and O–H groups in total. The molecule has 0 amide bonds. The van der Waals surface area contributed by atoms with Gasteiger partial charge in [0, 0.05) is 0 Å². The lowest BCUT2D eigenvalue weighted by molar-refractivity contribution is 0.413. The lowest BCUT2D eigenvalue weighted by Crippen LogP contribution is -1.86. The van der Waals surface area contributed by atoms with Crippen molar-refractivity contribution in [1.29, 1.82) is 0 Å². The third kappa shape index (κ3) is 4.93. The van der Waals surface area contributed by atoms with E-state index in [-0.39, 0.29) is 0 Å². The summed E-state index contributed by atoms with van der Waals surface area (Å²) in [6.07, 6.45) is 0. The molecule has 2 aromatic rings. The first-order valence-corrected chi connectivity index (χ1v) is 7.13. The topological polar surface area (TPSA) is 18.5 Å². The Hall–Kier alpha value is -3.72. The Labute approximate surface area is 142 Å². The van der Waals surface area contributed by atoms with Crippen molar-refractivity contribution in [2.75, 3.05) is 14.2 Å². The monoisotopic (exact) mass is 310 g/mol. The minimum absolute atomic E-state index is 0.723. The maximum Gasteiger partial charge on any atom is 0.134 e. The standard InChI is InChI=1S/C22H14O2/c1-23-21-17-11-9-15-19(21)13-7-5-3-4-6-8-14-20-16-10-12-18-22(20)24-2/h9-12,15-18H,1-2H3. The molecule has 2 nitrogen and oxygen atoms in total. The van der Waals surface area contributed by atoms with Crippen molar-refractivity contribution in [3.05, 3.63) is 59.7 Å². The molecule has 0 spiro atoms. The molecule has 0 fully saturated rings. The number of hydrogen-bond acceptors (Lipinski definition) is 2. The molecule has 0 radical (unpaired) electrons. The molecule has 0 heterocycles. The number of rotatable bonds is 2. The van der Waals surface area contributed by atoms with Crippen molar-refractivity contribution < 1.29 is 9.47 Å². The molecular weight excluding hydrogens is 296 g/mol. The Balaban J connectivity index is 2.03. The van der Waals surface area contributed by atoms with Gasteiger partial charge in [0.2, 0.25) is 0 Å². The Morgan fingerprint density at radius 1 is 0.542 bits per heavy atom. The summed E-state index contributed by atoms with van der Waals surface area (Å²) in [4.78, 5) is 0. The molecule has 0 saturated heterocycles. The summed E-state index contributed by atoms with van der Waals surface area (Å²) in [6.45, 7) is 0. The van der Waals surface area contributed by atoms with E-state index in [9.17, 15) is 0 Å². The van der Waals surface area contributed by atoms with Crippen LogP contribution in [0.15, 0.2) is 48.5 Å². The summed E-state index contributed by atoms with van der Waals surface area (Å²) in [7, 11) is 3.22. The highest BCUT2D eigenvalue weighted by Crippen LogP contribution is 2.15. The first-order valence-electron chi connectivity index (χ1n) is 7.13. The van der Waals surface area contributed by atoms with Crippen molar-refractivity contribution >= 4 is 0 Å². The minimum Gasteiger partial charge on any atom is -0.495 e. The molecular formula is C22H14O2. The molecule has 0 unspecified atom stereocenters. The highest BCUT2D eigenvalue weighted by molar-refractivity contribution is 5.51. The van der Waals surface area contributed by atoms with Crippen molar-refractivity contribution in [2.45, 2.75) is 0 Å². The quantitative estimate of drug-likeness (QED) is 0.794. The normalized spacial score (nSPS) is 7.92. The second kappa shape index (κ2) is 9.33. The van der Waals surface area contributed by atoms with Crippen LogP contribution >= 0.6 is 0 Å². The maximum atomic E-state index is 5.21. The lowest BCUT2D eigenvalue weighted by Gasteiger charge is -2.00. The van der Waals surface area contributed by atoms with Crippen molar-refractivity contribution in [3.63, 3.8) is 0 Å². The number of hydrogen-bond donors (Lipinski definition) is 0. The van der Waals surface area contributed by atoms with Gasteiger partial charge in [0.05, 0.1) is 25.3 Å². The third-order valence-corrected chi connectivity index (χ3v) is 2.92. The Bertz CT molecular complexity index is 874. The van der Waals surface area contributed by atoms with Crippen LogP contribution < -0.4 is 9.47 Å². The van der Waals surface area contributed by atoms with Crippen LogP contribution in [0.25, 0.3) is 0 Å². The fraction of sp³-hybridized carbons (Fsp3) is 0.0909. The predicted molar refractivity (Wildman–Crippen MR) is 95.3 cm³/mol. The highest BCUT2D eigenvalue weighted by atomic mass is 16.5. The van der Waals surface area contributed by atoms with Gasteiger partial charge in [-0.1, -0.05) is 24.3 Å². The lowest BCUT2D eigenvalue weighted by atomic mass is 10.2. The SMILES string of the molecule is COc1ccccc1C#CC#CC#CC#Cc1ccccc1OC. The fourth-order valence-corrected chi connectivity index (χ4v) is 1.82. The van der Waals surface area contributed by atoms with Crippen LogP contribution in [-0.4, -0.2) is 14.2 Å². The molecule has 0 aliphatic heterocycles. The molecule has 2 aromatic carbocycles. The van der Waals surface area contributed by atoms with Crippen LogP contribution in [0.1, 0.15) is 11.1 Å². The fourth-order valence-electron chi connectivity index (χ4n) is 1.82. The molecule has 0 aromatic heterocycles. The van der Waals surface area contributed by atoms with E-state index >= 15 is 0 Å². The van der Waals surface area contributed by atoms with Crippen LogP contribution in [0.5, 0.6) is 11.5 Å². The number of methoxy groups -OCH3 is 2. The van der Waals surface area contributed by atoms with Crippen molar-refractivity contribution in [1.82, 2.24) is 0 Å². The molecule has 114 valence electrons. The van der Waals surface area contributed by atoms with E-state index < -0.39 is 0 Å². The second-order valence-electron chi connectivity index (χ2n) is 4.40. The van der Waals surface area contributed by atoms with Crippen LogP contribution in [-0.2, 0) is 0 Å². The first-order chi connectivity index (χ1) is 11.8. The van der Waals surface area contributed by atoms with Gasteiger partial charge in [-0.05, 0) is 71.6 Å². The Morgan fingerprint density at radius 2 is 0.917 bits per heavy atom. The number of benzene rings is 2. The summed E-state index contributed by atoms with van der Waals surface area (Å²) in [5, 5.41) is 0. The zero-order valence-electron chi connectivity index (χ0n) is 13.4. The number of para-hydroxylation sites is 2. The van der Waals surface area contributed by atoms with Gasteiger partial charge in [-0.3, -0.25) is 0 Å². The minimum atomic E-state index is 0.723. The van der Waals surface area contributed by atoms with Crippen molar-refractivity contribution in [3.8, 4) is 58.9 Å². The van der Waals surface area contributed by atoms with Crippen LogP contribution in [0.2, 0.25) is 0 Å². The molecule has 0 saturated carbocycles. The highest BCUT2D eigenvalue weighted by Gasteiger charge is 1.96. The zero-order valence-corrected chi connectivity index (χ0v) is 13.4. The van der Waals surface area contributed by atoms with Gasteiger partial charge in [-0.2, -0.15) is 0 Å². The van der Waals surface area contributed by atoms with E-state index in [0.717, 1.165) is 22.6 Å². The van der Waals surface area contributed by atoms with Gasteiger partial charge in [0.1, 0.15) is 11.5 Å². The van der Waals surface area contributed by atoms with Gasteiger partial charge in [0.25, 0.3) is 0 Å². The summed E-state index contributed by atoms with van der Waals surface area (Å²) in [5.74, 6) is 23.4. The van der Waals surface area contributed by atoms with E-state index in [2.05, 4.69) is 47.4 Å². The van der Waals surface area contributed by atoms with Gasteiger partial charge >= 0.3 is 0 Å². The average Bonchev–Trinajstić information content (AvgIpc) is 2.64. The average molecular weight is 310 g/mol. The smallest absolute Gasteiger partial charge is 0.134 e.